The van der Waals surface area contributed by atoms with Gasteiger partial charge < -0.3 is 14.7 Å². The van der Waals surface area contributed by atoms with Gasteiger partial charge in [-0.25, -0.2) is 0 Å². The third kappa shape index (κ3) is 4.40. The van der Waals surface area contributed by atoms with Crippen LogP contribution < -0.4 is 4.74 Å². The lowest BCUT2D eigenvalue weighted by molar-refractivity contribution is -0.139. The lowest BCUT2D eigenvalue weighted by Crippen LogP contribution is -2.30. The molecule has 1 heterocycles. The van der Waals surface area contributed by atoms with Gasteiger partial charge in [-0.1, -0.05) is 50.1 Å². The molecule has 0 bridgehead atoms. The highest BCUT2D eigenvalue weighted by Crippen LogP contribution is 2.39. The Bertz CT molecular complexity index is 946. The SMILES string of the molecule is CCCCN1C(=O)C(=O)/C(=C(\O)c2ccc(OCCC)cc2)C1c1cccc(C)c1. The summed E-state index contributed by atoms with van der Waals surface area (Å²) in [6.07, 6.45) is 2.60. The molecule has 0 radical (unpaired) electrons. The van der Waals surface area contributed by atoms with Crippen LogP contribution in [0.5, 0.6) is 5.75 Å². The number of hydrogen-bond acceptors (Lipinski definition) is 4. The van der Waals surface area contributed by atoms with Crippen LogP contribution >= 0.6 is 0 Å². The third-order valence-electron chi connectivity index (χ3n) is 5.25. The Morgan fingerprint density at radius 1 is 1.07 bits per heavy atom. The number of benzene rings is 2. The zero-order chi connectivity index (χ0) is 21.7. The molecule has 1 N–H and O–H groups in total. The summed E-state index contributed by atoms with van der Waals surface area (Å²) in [5, 5.41) is 11.1. The highest BCUT2D eigenvalue weighted by molar-refractivity contribution is 6.46. The standard InChI is InChI=1S/C25H29NO4/c1-4-6-14-26-22(19-9-7-8-17(3)16-19)21(24(28)25(26)29)23(27)18-10-12-20(13-11-18)30-15-5-2/h7-13,16,22,27H,4-6,14-15H2,1-3H3/b23-21-. The molecule has 3 rings (SSSR count). The molecular formula is C25H29NO4. The number of aliphatic hydroxyl groups excluding tert-OH is 1. The number of likely N-dealkylation sites (tertiary alicyclic amines) is 1. The number of rotatable bonds is 8. The van der Waals surface area contributed by atoms with Crippen molar-refractivity contribution in [1.29, 1.82) is 0 Å². The van der Waals surface area contributed by atoms with E-state index < -0.39 is 17.7 Å². The number of carbonyl (C=O) groups is 2. The highest BCUT2D eigenvalue weighted by Gasteiger charge is 2.45. The number of hydrogen-bond donors (Lipinski definition) is 1. The molecule has 0 spiro atoms. The van der Waals surface area contributed by atoms with Crippen molar-refractivity contribution in [3.8, 4) is 5.75 Å². The molecule has 1 unspecified atom stereocenters. The van der Waals surface area contributed by atoms with Gasteiger partial charge in [0.15, 0.2) is 0 Å². The highest BCUT2D eigenvalue weighted by atomic mass is 16.5. The zero-order valence-electron chi connectivity index (χ0n) is 17.9. The van der Waals surface area contributed by atoms with Gasteiger partial charge in [0.2, 0.25) is 0 Å². The largest absolute Gasteiger partial charge is 0.507 e. The van der Waals surface area contributed by atoms with Gasteiger partial charge in [0.05, 0.1) is 18.2 Å². The number of unbranched alkanes of at least 4 members (excludes halogenated alkanes) is 1. The first kappa shape index (κ1) is 21.6. The number of aryl methyl sites for hydroxylation is 1. The molecule has 5 nitrogen and oxygen atoms in total. The van der Waals surface area contributed by atoms with E-state index in [1.807, 2.05) is 45.0 Å². The number of Topliss-reactive ketones (excluding diaryl/α,β-unsaturated/α-hetero) is 1. The van der Waals surface area contributed by atoms with E-state index in [-0.39, 0.29) is 11.3 Å². The maximum absolute atomic E-state index is 12.9. The predicted octanol–water partition coefficient (Wildman–Crippen LogP) is 5.01. The number of aliphatic hydroxyl groups is 1. The molecule has 2 aromatic carbocycles. The molecule has 1 atom stereocenters. The van der Waals surface area contributed by atoms with E-state index in [2.05, 4.69) is 0 Å². The van der Waals surface area contributed by atoms with Gasteiger partial charge in [-0.05, 0) is 49.6 Å². The minimum atomic E-state index is -0.638. The van der Waals surface area contributed by atoms with Gasteiger partial charge in [-0.2, -0.15) is 0 Å². The van der Waals surface area contributed by atoms with Crippen molar-refractivity contribution >= 4 is 17.4 Å². The van der Waals surface area contributed by atoms with E-state index in [9.17, 15) is 14.7 Å². The molecule has 5 heteroatoms. The van der Waals surface area contributed by atoms with Gasteiger partial charge in [-0.15, -0.1) is 0 Å². The Morgan fingerprint density at radius 3 is 2.43 bits per heavy atom. The van der Waals surface area contributed by atoms with Crippen molar-refractivity contribution in [2.45, 2.75) is 46.1 Å². The van der Waals surface area contributed by atoms with E-state index in [0.29, 0.717) is 24.5 Å². The topological polar surface area (TPSA) is 66.8 Å². The quantitative estimate of drug-likeness (QED) is 0.380. The van der Waals surface area contributed by atoms with Crippen LogP contribution in [0, 0.1) is 6.92 Å². The molecule has 30 heavy (non-hydrogen) atoms. The second-order valence-electron chi connectivity index (χ2n) is 7.63. The summed E-state index contributed by atoms with van der Waals surface area (Å²) in [6.45, 7) is 7.13. The first-order valence-corrected chi connectivity index (χ1v) is 10.6. The Labute approximate surface area is 178 Å². The van der Waals surface area contributed by atoms with Gasteiger partial charge in [0.1, 0.15) is 11.5 Å². The number of ether oxygens (including phenoxy) is 1. The van der Waals surface area contributed by atoms with E-state index in [1.165, 1.54) is 0 Å². The monoisotopic (exact) mass is 407 g/mol. The van der Waals surface area contributed by atoms with Crippen molar-refractivity contribution in [3.05, 3.63) is 70.8 Å². The summed E-state index contributed by atoms with van der Waals surface area (Å²) in [5.74, 6) is -0.645. The van der Waals surface area contributed by atoms with Gasteiger partial charge in [0, 0.05) is 12.1 Å². The zero-order valence-corrected chi connectivity index (χ0v) is 17.9. The van der Waals surface area contributed by atoms with Crippen molar-refractivity contribution in [2.75, 3.05) is 13.2 Å². The molecule has 0 aromatic heterocycles. The molecule has 1 fully saturated rings. The number of carbonyl (C=O) groups excluding carboxylic acids is 2. The minimum Gasteiger partial charge on any atom is -0.507 e. The van der Waals surface area contributed by atoms with Crippen LogP contribution in [0.3, 0.4) is 0 Å². The Morgan fingerprint density at radius 2 is 1.80 bits per heavy atom. The molecule has 1 aliphatic rings. The molecule has 2 aromatic rings. The maximum atomic E-state index is 12.9. The summed E-state index contributed by atoms with van der Waals surface area (Å²) < 4.78 is 5.59. The normalized spacial score (nSPS) is 18.1. The molecular weight excluding hydrogens is 378 g/mol. The summed E-state index contributed by atoms with van der Waals surface area (Å²) in [5.41, 5.74) is 2.50. The van der Waals surface area contributed by atoms with Crippen LogP contribution in [-0.4, -0.2) is 34.8 Å². The van der Waals surface area contributed by atoms with Gasteiger partial charge in [-0.3, -0.25) is 9.59 Å². The molecule has 1 amide bonds. The summed E-state index contributed by atoms with van der Waals surface area (Å²) in [6, 6.07) is 14.1. The summed E-state index contributed by atoms with van der Waals surface area (Å²) >= 11 is 0. The third-order valence-corrected chi connectivity index (χ3v) is 5.25. The van der Waals surface area contributed by atoms with Crippen LogP contribution in [0.4, 0.5) is 0 Å². The van der Waals surface area contributed by atoms with Crippen LogP contribution in [0.2, 0.25) is 0 Å². The molecule has 0 aliphatic carbocycles. The first-order valence-electron chi connectivity index (χ1n) is 10.6. The van der Waals surface area contributed by atoms with Crippen LogP contribution in [0.25, 0.3) is 5.76 Å². The summed E-state index contributed by atoms with van der Waals surface area (Å²) in [7, 11) is 0. The maximum Gasteiger partial charge on any atom is 0.295 e. The Balaban J connectivity index is 2.06. The van der Waals surface area contributed by atoms with E-state index in [4.69, 9.17) is 4.74 Å². The Hall–Kier alpha value is -3.08. The molecule has 1 aliphatic heterocycles. The Kier molecular flexibility index (Phi) is 6.93. The van der Waals surface area contributed by atoms with Gasteiger partial charge in [0.25, 0.3) is 11.7 Å². The van der Waals surface area contributed by atoms with Crippen LogP contribution in [0.15, 0.2) is 54.1 Å². The fourth-order valence-corrected chi connectivity index (χ4v) is 3.71. The number of ketones is 1. The smallest absolute Gasteiger partial charge is 0.295 e. The van der Waals surface area contributed by atoms with Crippen molar-refractivity contribution in [3.63, 3.8) is 0 Å². The molecule has 158 valence electrons. The fraction of sp³-hybridized carbons (Fsp3) is 0.360. The average Bonchev–Trinajstić information content (AvgIpc) is 3.01. The van der Waals surface area contributed by atoms with E-state index in [1.54, 1.807) is 29.2 Å². The van der Waals surface area contributed by atoms with Crippen LogP contribution in [-0.2, 0) is 9.59 Å². The summed E-state index contributed by atoms with van der Waals surface area (Å²) in [4.78, 5) is 27.3. The second kappa shape index (κ2) is 9.61. The predicted molar refractivity (Wildman–Crippen MR) is 117 cm³/mol. The van der Waals surface area contributed by atoms with Gasteiger partial charge >= 0.3 is 0 Å². The van der Waals surface area contributed by atoms with Crippen molar-refractivity contribution < 1.29 is 19.4 Å². The lowest BCUT2D eigenvalue weighted by Gasteiger charge is -2.25. The number of nitrogens with zero attached hydrogens (tertiary/aromatic N) is 1. The second-order valence-corrected chi connectivity index (χ2v) is 7.63. The van der Waals surface area contributed by atoms with E-state index >= 15 is 0 Å². The molecule has 1 saturated heterocycles. The van der Waals surface area contributed by atoms with E-state index in [0.717, 1.165) is 30.4 Å². The minimum absolute atomic E-state index is 0.143. The first-order chi connectivity index (χ1) is 14.5. The lowest BCUT2D eigenvalue weighted by atomic mass is 9.94. The molecule has 0 saturated carbocycles. The average molecular weight is 408 g/mol. The van der Waals surface area contributed by atoms with Crippen molar-refractivity contribution in [1.82, 2.24) is 4.90 Å². The fourth-order valence-electron chi connectivity index (χ4n) is 3.71. The van der Waals surface area contributed by atoms with Crippen LogP contribution in [0.1, 0.15) is 55.8 Å². The van der Waals surface area contributed by atoms with Crippen molar-refractivity contribution in [2.24, 2.45) is 0 Å². The number of amides is 1.